The van der Waals surface area contributed by atoms with Crippen LogP contribution >= 0.6 is 58.6 Å². The zero-order valence-corrected chi connectivity index (χ0v) is 19.2. The molecule has 29 heavy (non-hydrogen) atoms. The van der Waals surface area contributed by atoms with E-state index in [1.54, 1.807) is 12.1 Å². The largest absolute Gasteiger partial charge is 0.352 e. The molecule has 0 aliphatic carbocycles. The van der Waals surface area contributed by atoms with Crippen molar-refractivity contribution in [2.75, 3.05) is 20.1 Å². The molecular formula is C21H17Cl4N3S. The van der Waals surface area contributed by atoms with Crippen molar-refractivity contribution in [3.8, 4) is 0 Å². The van der Waals surface area contributed by atoms with Gasteiger partial charge in [0.1, 0.15) is 0 Å². The number of rotatable bonds is 2. The lowest BCUT2D eigenvalue weighted by molar-refractivity contribution is 0.364. The second kappa shape index (κ2) is 8.46. The van der Waals surface area contributed by atoms with Gasteiger partial charge in [0.15, 0.2) is 5.11 Å². The molecule has 2 N–H and O–H groups in total. The van der Waals surface area contributed by atoms with Crippen molar-refractivity contribution in [3.63, 3.8) is 0 Å². The van der Waals surface area contributed by atoms with Gasteiger partial charge in [-0.1, -0.05) is 58.5 Å². The van der Waals surface area contributed by atoms with Gasteiger partial charge in [0.2, 0.25) is 0 Å². The van der Waals surface area contributed by atoms with Gasteiger partial charge in [-0.3, -0.25) is 4.90 Å². The maximum absolute atomic E-state index is 6.51. The molecule has 2 aliphatic heterocycles. The Kier molecular flexibility index (Phi) is 6.12. The van der Waals surface area contributed by atoms with Crippen molar-refractivity contribution >= 4 is 69.8 Å². The van der Waals surface area contributed by atoms with Gasteiger partial charge in [0, 0.05) is 38.9 Å². The fourth-order valence-electron chi connectivity index (χ4n) is 3.69. The summed E-state index contributed by atoms with van der Waals surface area (Å²) >= 11 is 30.5. The van der Waals surface area contributed by atoms with Crippen molar-refractivity contribution in [1.82, 2.24) is 15.5 Å². The molecule has 2 aromatic carbocycles. The van der Waals surface area contributed by atoms with Gasteiger partial charge in [-0.15, -0.1) is 0 Å². The first-order valence-corrected chi connectivity index (χ1v) is 10.8. The molecule has 0 radical (unpaired) electrons. The number of benzene rings is 2. The van der Waals surface area contributed by atoms with Gasteiger partial charge >= 0.3 is 0 Å². The molecule has 2 aliphatic rings. The second-order valence-corrected chi connectivity index (χ2v) is 9.20. The molecular weight excluding hydrogens is 468 g/mol. The molecule has 2 aromatic rings. The van der Waals surface area contributed by atoms with E-state index in [0.717, 1.165) is 41.1 Å². The number of nitrogens with zero attached hydrogens (tertiary/aromatic N) is 1. The van der Waals surface area contributed by atoms with E-state index >= 15 is 0 Å². The Labute approximate surface area is 195 Å². The van der Waals surface area contributed by atoms with E-state index in [0.29, 0.717) is 25.2 Å². The van der Waals surface area contributed by atoms with Crippen LogP contribution in [-0.2, 0) is 0 Å². The van der Waals surface area contributed by atoms with Crippen LogP contribution in [0.4, 0.5) is 0 Å². The maximum Gasteiger partial charge on any atom is 0.171 e. The fraction of sp³-hybridized carbons (Fsp3) is 0.190. The summed E-state index contributed by atoms with van der Waals surface area (Å²) in [4.78, 5) is 2.24. The maximum atomic E-state index is 6.51. The molecule has 0 saturated heterocycles. The average molecular weight is 485 g/mol. The summed E-state index contributed by atoms with van der Waals surface area (Å²) < 4.78 is 0. The number of likely N-dealkylation sites (N-methyl/N-ethyl adjacent to an activating group) is 1. The number of hydrogen-bond donors (Lipinski definition) is 2. The lowest BCUT2D eigenvalue weighted by Gasteiger charge is -2.39. The van der Waals surface area contributed by atoms with E-state index in [2.05, 4.69) is 28.7 Å². The first-order valence-electron chi connectivity index (χ1n) is 8.92. The Bertz CT molecular complexity index is 1060. The Morgan fingerprint density at radius 3 is 2.38 bits per heavy atom. The van der Waals surface area contributed by atoms with Crippen LogP contribution in [0.2, 0.25) is 20.1 Å². The molecule has 0 fully saturated rings. The predicted molar refractivity (Wildman–Crippen MR) is 127 cm³/mol. The molecule has 2 heterocycles. The molecule has 3 nitrogen and oxygen atoms in total. The van der Waals surface area contributed by atoms with E-state index in [1.807, 2.05) is 24.3 Å². The number of halogens is 4. The zero-order chi connectivity index (χ0) is 20.7. The van der Waals surface area contributed by atoms with E-state index in [-0.39, 0.29) is 6.04 Å². The summed E-state index contributed by atoms with van der Waals surface area (Å²) in [6, 6.07) is 10.9. The van der Waals surface area contributed by atoms with Crippen molar-refractivity contribution in [2.24, 2.45) is 0 Å². The molecule has 0 amide bonds. The highest BCUT2D eigenvalue weighted by Gasteiger charge is 2.33. The topological polar surface area (TPSA) is 27.3 Å². The molecule has 0 spiro atoms. The Balaban J connectivity index is 1.83. The molecule has 0 bridgehead atoms. The Morgan fingerprint density at radius 2 is 1.69 bits per heavy atom. The first kappa shape index (κ1) is 21.0. The Morgan fingerprint density at radius 1 is 1.00 bits per heavy atom. The van der Waals surface area contributed by atoms with Crippen molar-refractivity contribution in [1.29, 1.82) is 0 Å². The molecule has 1 unspecified atom stereocenters. The number of thiocarbonyl (C=S) groups is 1. The monoisotopic (exact) mass is 483 g/mol. The Hall–Kier alpha value is -1.27. The van der Waals surface area contributed by atoms with Gasteiger partial charge in [-0.25, -0.2) is 0 Å². The van der Waals surface area contributed by atoms with Crippen LogP contribution in [0.3, 0.4) is 0 Å². The zero-order valence-electron chi connectivity index (χ0n) is 15.4. The second-order valence-electron chi connectivity index (χ2n) is 7.11. The van der Waals surface area contributed by atoms with Gasteiger partial charge < -0.3 is 10.6 Å². The third kappa shape index (κ3) is 4.43. The molecule has 1 atom stereocenters. The summed E-state index contributed by atoms with van der Waals surface area (Å²) in [6.45, 7) is 1.53. The van der Waals surface area contributed by atoms with E-state index < -0.39 is 0 Å². The SMILES string of the molecule is CN1CC2=C(NC(=S)NC2c2ccc(Cl)cc2Cl)/C(=C/c2ccc(Cl)cc2Cl)C1. The number of nitrogens with one attached hydrogen (secondary N) is 2. The van der Waals surface area contributed by atoms with Crippen molar-refractivity contribution in [3.05, 3.63) is 84.5 Å². The van der Waals surface area contributed by atoms with Crippen LogP contribution in [-0.4, -0.2) is 30.1 Å². The van der Waals surface area contributed by atoms with Crippen LogP contribution in [0.15, 0.2) is 53.2 Å². The smallest absolute Gasteiger partial charge is 0.171 e. The minimum absolute atomic E-state index is 0.143. The summed E-state index contributed by atoms with van der Waals surface area (Å²) in [5.74, 6) is 0. The van der Waals surface area contributed by atoms with E-state index in [9.17, 15) is 0 Å². The quantitative estimate of drug-likeness (QED) is 0.503. The first-order chi connectivity index (χ1) is 13.8. The predicted octanol–water partition coefficient (Wildman–Crippen LogP) is 6.10. The van der Waals surface area contributed by atoms with Crippen molar-refractivity contribution in [2.45, 2.75) is 6.04 Å². The summed E-state index contributed by atoms with van der Waals surface area (Å²) in [7, 11) is 2.08. The fourth-order valence-corrected chi connectivity index (χ4v) is 4.89. The lowest BCUT2D eigenvalue weighted by atomic mass is 9.89. The minimum Gasteiger partial charge on any atom is -0.352 e. The normalized spacial score (nSPS) is 21.1. The standard InChI is InChI=1S/C21H17Cl4N3S/c1-28-9-12(6-11-2-3-13(22)7-17(11)24)19-16(10-28)20(27-21(29)26-19)15-5-4-14(23)8-18(15)25/h2-8,20H,9-10H2,1H3,(H2,26,27,29)/b12-6+. The van der Waals surface area contributed by atoms with Gasteiger partial charge in [-0.05, 0) is 71.9 Å². The summed E-state index contributed by atoms with van der Waals surface area (Å²) in [6.07, 6.45) is 2.07. The summed E-state index contributed by atoms with van der Waals surface area (Å²) in [5, 5.41) is 9.66. The van der Waals surface area contributed by atoms with Crippen molar-refractivity contribution < 1.29 is 0 Å². The highest BCUT2D eigenvalue weighted by molar-refractivity contribution is 7.80. The van der Waals surface area contributed by atoms with E-state index in [1.165, 1.54) is 0 Å². The highest BCUT2D eigenvalue weighted by Crippen LogP contribution is 2.37. The van der Waals surface area contributed by atoms with Gasteiger partial charge in [-0.2, -0.15) is 0 Å². The van der Waals surface area contributed by atoms with E-state index in [4.69, 9.17) is 58.6 Å². The molecule has 0 aromatic heterocycles. The highest BCUT2D eigenvalue weighted by atomic mass is 35.5. The lowest BCUT2D eigenvalue weighted by Crippen LogP contribution is -2.49. The third-order valence-electron chi connectivity index (χ3n) is 4.95. The molecule has 0 saturated carbocycles. The van der Waals surface area contributed by atoms with Crippen LogP contribution < -0.4 is 10.6 Å². The molecule has 8 heteroatoms. The third-order valence-corrected chi connectivity index (χ3v) is 6.30. The minimum atomic E-state index is -0.143. The number of hydrogen-bond acceptors (Lipinski definition) is 2. The average Bonchev–Trinajstić information content (AvgIpc) is 2.64. The molecule has 150 valence electrons. The van der Waals surface area contributed by atoms with Crippen LogP contribution in [0, 0.1) is 0 Å². The van der Waals surface area contributed by atoms with Crippen LogP contribution in [0.1, 0.15) is 17.2 Å². The molecule has 4 rings (SSSR count). The van der Waals surface area contributed by atoms with Crippen LogP contribution in [0.25, 0.3) is 6.08 Å². The van der Waals surface area contributed by atoms with Gasteiger partial charge in [0.25, 0.3) is 0 Å². The van der Waals surface area contributed by atoms with Gasteiger partial charge in [0.05, 0.1) is 6.04 Å². The van der Waals surface area contributed by atoms with Crippen LogP contribution in [0.5, 0.6) is 0 Å². The summed E-state index contributed by atoms with van der Waals surface area (Å²) in [5.41, 5.74) is 5.10.